The molecule has 0 radical (unpaired) electrons. The van der Waals surface area contributed by atoms with Crippen LogP contribution in [0.3, 0.4) is 0 Å². The van der Waals surface area contributed by atoms with E-state index in [0.717, 1.165) is 5.01 Å². The highest BCUT2D eigenvalue weighted by atomic mass is 35.5. The first-order valence-corrected chi connectivity index (χ1v) is 10.1. The van der Waals surface area contributed by atoms with Gasteiger partial charge in [-0.3, -0.25) is 0 Å². The van der Waals surface area contributed by atoms with Gasteiger partial charge in [0.05, 0.1) is 5.52 Å². The predicted octanol–water partition coefficient (Wildman–Crippen LogP) is 4.94. The van der Waals surface area contributed by atoms with Crippen LogP contribution in [-0.2, 0) is 9.47 Å². The topological polar surface area (TPSA) is 113 Å². The van der Waals surface area contributed by atoms with E-state index < -0.39 is 29.6 Å². The number of hydrazone groups is 1. The normalized spacial score (nSPS) is 13.3. The first kappa shape index (κ1) is 24.4. The molecule has 11 heteroatoms. The molecule has 170 valence electrons. The highest BCUT2D eigenvalue weighted by Crippen LogP contribution is 2.29. The quantitative estimate of drug-likeness (QED) is 0.304. The highest BCUT2D eigenvalue weighted by molar-refractivity contribution is 6.29. The number of nitrogens with zero attached hydrogens (tertiary/aromatic N) is 5. The number of anilines is 1. The Hall–Kier alpha value is -2.88. The third-order valence-electron chi connectivity index (χ3n) is 3.73. The van der Waals surface area contributed by atoms with E-state index in [2.05, 4.69) is 20.1 Å². The summed E-state index contributed by atoms with van der Waals surface area (Å²) in [7, 11) is 0. The van der Waals surface area contributed by atoms with Crippen molar-refractivity contribution < 1.29 is 19.1 Å². The van der Waals surface area contributed by atoms with Crippen LogP contribution in [0, 0.1) is 0 Å². The summed E-state index contributed by atoms with van der Waals surface area (Å²) in [5.74, 6) is 0.140. The molecule has 0 aromatic carbocycles. The summed E-state index contributed by atoms with van der Waals surface area (Å²) >= 11 is 6.11. The summed E-state index contributed by atoms with van der Waals surface area (Å²) in [6.07, 6.45) is 0.608. The molecule has 1 atom stereocenters. The van der Waals surface area contributed by atoms with E-state index in [1.165, 1.54) is 11.1 Å². The number of nitrogens with one attached hydrogen (secondary N) is 1. The van der Waals surface area contributed by atoms with Crippen molar-refractivity contribution in [3.8, 4) is 0 Å². The third kappa shape index (κ3) is 6.30. The molecule has 2 aromatic rings. The smallest absolute Gasteiger partial charge is 0.432 e. The van der Waals surface area contributed by atoms with Crippen LogP contribution in [0.2, 0.25) is 5.28 Å². The maximum absolute atomic E-state index is 13.2. The largest absolute Gasteiger partial charge is 0.443 e. The minimum Gasteiger partial charge on any atom is -0.443 e. The Morgan fingerprint density at radius 3 is 2.26 bits per heavy atom. The molecule has 0 spiro atoms. The molecule has 0 aliphatic heterocycles. The van der Waals surface area contributed by atoms with E-state index >= 15 is 0 Å². The van der Waals surface area contributed by atoms with Crippen molar-refractivity contribution >= 4 is 46.9 Å². The van der Waals surface area contributed by atoms with E-state index in [0.29, 0.717) is 11.0 Å². The molecule has 31 heavy (non-hydrogen) atoms. The molecular formula is C20H29ClN6O4. The lowest BCUT2D eigenvalue weighted by Gasteiger charge is -2.35. The van der Waals surface area contributed by atoms with Crippen molar-refractivity contribution in [1.29, 1.82) is 0 Å². The zero-order valence-corrected chi connectivity index (χ0v) is 19.8. The molecule has 2 aromatic heterocycles. The summed E-state index contributed by atoms with van der Waals surface area (Å²) in [5, 5.41) is 5.10. The summed E-state index contributed by atoms with van der Waals surface area (Å²) in [4.78, 5) is 38.7. The van der Waals surface area contributed by atoms with E-state index in [4.69, 9.17) is 21.1 Å². The summed E-state index contributed by atoms with van der Waals surface area (Å²) in [6.45, 7) is 13.7. The number of halogens is 1. The van der Waals surface area contributed by atoms with Gasteiger partial charge in [0.2, 0.25) is 5.28 Å². The average Bonchev–Trinajstić information content (AvgIpc) is 3.04. The number of H-pyrrole nitrogens is 1. The maximum Gasteiger partial charge on any atom is 0.432 e. The van der Waals surface area contributed by atoms with Gasteiger partial charge in [0.1, 0.15) is 22.9 Å². The molecule has 0 saturated heterocycles. The van der Waals surface area contributed by atoms with Gasteiger partial charge in [0, 0.05) is 12.4 Å². The molecule has 2 rings (SSSR count). The zero-order valence-electron chi connectivity index (χ0n) is 19.1. The van der Waals surface area contributed by atoms with Crippen LogP contribution in [0.5, 0.6) is 0 Å². The fraction of sp³-hybridized carbons (Fsp3) is 0.550. The first-order chi connectivity index (χ1) is 14.2. The Labute approximate surface area is 186 Å². The second-order valence-electron chi connectivity index (χ2n) is 8.73. The number of hydrogen-bond donors (Lipinski definition) is 1. The highest BCUT2D eigenvalue weighted by Gasteiger charge is 2.37. The average molecular weight is 453 g/mol. The summed E-state index contributed by atoms with van der Waals surface area (Å²) in [6, 6.07) is 1.69. The Morgan fingerprint density at radius 1 is 1.13 bits per heavy atom. The fourth-order valence-electron chi connectivity index (χ4n) is 2.64. The molecule has 0 fully saturated rings. The second kappa shape index (κ2) is 9.09. The van der Waals surface area contributed by atoms with Crippen LogP contribution >= 0.6 is 11.6 Å². The molecule has 10 nitrogen and oxygen atoms in total. The lowest BCUT2D eigenvalue weighted by atomic mass is 10.2. The molecule has 0 bridgehead atoms. The number of carbonyl (C=O) groups is 2. The number of ether oxygens (including phenoxy) is 2. The number of hydrogen-bond acceptors (Lipinski definition) is 7. The molecule has 2 amide bonds. The lowest BCUT2D eigenvalue weighted by molar-refractivity contribution is 0.0157. The van der Waals surface area contributed by atoms with Crippen LogP contribution in [0.25, 0.3) is 11.0 Å². The van der Waals surface area contributed by atoms with Gasteiger partial charge in [-0.1, -0.05) is 0 Å². The SMILES string of the molecule is C/C=N\N(C(=O)OC(C)(C)C)C(C)N(C(=O)OC(C)(C)C)c1nc(Cl)nc2cc[nH]c12. The van der Waals surface area contributed by atoms with E-state index in [9.17, 15) is 9.59 Å². The number of amides is 2. The molecule has 1 unspecified atom stereocenters. The number of rotatable bonds is 4. The van der Waals surface area contributed by atoms with Crippen LogP contribution in [0.1, 0.15) is 55.4 Å². The van der Waals surface area contributed by atoms with Crippen molar-refractivity contribution in [2.75, 3.05) is 4.90 Å². The summed E-state index contributed by atoms with van der Waals surface area (Å²) < 4.78 is 11.1. The Bertz CT molecular complexity index is 976. The first-order valence-electron chi connectivity index (χ1n) is 9.77. The predicted molar refractivity (Wildman–Crippen MR) is 119 cm³/mol. The summed E-state index contributed by atoms with van der Waals surface area (Å²) in [5.41, 5.74) is -0.615. The Morgan fingerprint density at radius 2 is 1.71 bits per heavy atom. The second-order valence-corrected chi connectivity index (χ2v) is 9.07. The third-order valence-corrected chi connectivity index (χ3v) is 3.89. The van der Waals surface area contributed by atoms with E-state index in [-0.39, 0.29) is 11.1 Å². The van der Waals surface area contributed by atoms with Gasteiger partial charge in [0.15, 0.2) is 5.82 Å². The Balaban J connectivity index is 2.61. The molecule has 0 aliphatic carbocycles. The van der Waals surface area contributed by atoms with Crippen LogP contribution < -0.4 is 4.90 Å². The number of aromatic nitrogens is 3. The van der Waals surface area contributed by atoms with Crippen molar-refractivity contribution in [3.05, 3.63) is 17.5 Å². The number of aromatic amines is 1. The van der Waals surface area contributed by atoms with Crippen molar-refractivity contribution in [2.24, 2.45) is 5.10 Å². The number of carbonyl (C=O) groups excluding carboxylic acids is 2. The van der Waals surface area contributed by atoms with Gasteiger partial charge in [-0.2, -0.15) is 15.1 Å². The van der Waals surface area contributed by atoms with Crippen LogP contribution in [0.4, 0.5) is 15.4 Å². The van der Waals surface area contributed by atoms with Gasteiger partial charge < -0.3 is 14.5 Å². The molecule has 2 heterocycles. The molecule has 0 saturated carbocycles. The monoisotopic (exact) mass is 452 g/mol. The van der Waals surface area contributed by atoms with Crippen molar-refractivity contribution in [2.45, 2.75) is 72.8 Å². The minimum atomic E-state index is -0.974. The van der Waals surface area contributed by atoms with Crippen molar-refractivity contribution in [1.82, 2.24) is 20.0 Å². The maximum atomic E-state index is 13.2. The fourth-order valence-corrected chi connectivity index (χ4v) is 2.81. The standard InChI is InChI=1S/C20H29ClN6O4/c1-9-23-27(18(29)31-20(6,7)8)12(2)26(17(28)30-19(3,4)5)15-14-13(10-11-22-14)24-16(21)25-15/h9-12,22H,1-8H3/b23-9-. The van der Waals surface area contributed by atoms with E-state index in [1.54, 1.807) is 67.7 Å². The molecule has 0 aliphatic rings. The van der Waals surface area contributed by atoms with Gasteiger partial charge >= 0.3 is 12.2 Å². The van der Waals surface area contributed by atoms with Gasteiger partial charge in [-0.25, -0.2) is 19.5 Å². The number of fused-ring (bicyclic) bond motifs is 1. The van der Waals surface area contributed by atoms with Crippen molar-refractivity contribution in [3.63, 3.8) is 0 Å². The van der Waals surface area contributed by atoms with Crippen LogP contribution in [0.15, 0.2) is 17.4 Å². The Kier molecular flexibility index (Phi) is 7.15. The van der Waals surface area contributed by atoms with Gasteiger partial charge in [-0.05, 0) is 73.1 Å². The van der Waals surface area contributed by atoms with Gasteiger partial charge in [-0.15, -0.1) is 0 Å². The molecule has 1 N–H and O–H groups in total. The lowest BCUT2D eigenvalue weighted by Crippen LogP contribution is -2.52. The van der Waals surface area contributed by atoms with E-state index in [1.807, 2.05) is 0 Å². The van der Waals surface area contributed by atoms with Crippen LogP contribution in [-0.4, -0.2) is 55.7 Å². The minimum absolute atomic E-state index is 0.0642. The molecular weight excluding hydrogens is 424 g/mol. The van der Waals surface area contributed by atoms with Gasteiger partial charge in [0.25, 0.3) is 0 Å². The zero-order chi connectivity index (χ0) is 23.6.